The first-order valence-electron chi connectivity index (χ1n) is 10.9. The third kappa shape index (κ3) is 5.26. The minimum absolute atomic E-state index is 0.136. The number of halogens is 1. The first-order valence-corrected chi connectivity index (χ1v) is 12.7. The average molecular weight is 478 g/mol. The Kier molecular flexibility index (Phi) is 7.05. The molecule has 32 heavy (non-hydrogen) atoms. The van der Waals surface area contributed by atoms with Crippen molar-refractivity contribution in [2.24, 2.45) is 0 Å². The fourth-order valence-corrected chi connectivity index (χ4v) is 5.95. The highest BCUT2D eigenvalue weighted by Gasteiger charge is 2.39. The Morgan fingerprint density at radius 3 is 2.31 bits per heavy atom. The maximum absolute atomic E-state index is 13.1. The number of carbonyl (C=O) groups excluding carboxylic acids is 1. The van der Waals surface area contributed by atoms with Gasteiger partial charge >= 0.3 is 0 Å². The van der Waals surface area contributed by atoms with Gasteiger partial charge in [-0.15, -0.1) is 0 Å². The molecule has 172 valence electrons. The Morgan fingerprint density at radius 2 is 1.66 bits per heavy atom. The summed E-state index contributed by atoms with van der Waals surface area (Å²) in [7, 11) is -1.67. The van der Waals surface area contributed by atoms with Gasteiger partial charge in [-0.25, -0.2) is 8.42 Å². The summed E-state index contributed by atoms with van der Waals surface area (Å²) < 4.78 is 33.4. The average Bonchev–Trinajstić information content (AvgIpc) is 3.28. The summed E-state index contributed by atoms with van der Waals surface area (Å²) in [5.41, 5.74) is 0.612. The largest absolute Gasteiger partial charge is 0.490 e. The number of carbonyl (C=O) groups is 1. The molecule has 0 unspecified atom stereocenters. The third-order valence-corrected chi connectivity index (χ3v) is 8.19. The van der Waals surface area contributed by atoms with Crippen molar-refractivity contribution in [3.05, 3.63) is 53.6 Å². The molecule has 1 N–H and O–H groups in total. The summed E-state index contributed by atoms with van der Waals surface area (Å²) in [6.07, 6.45) is 3.31. The lowest BCUT2D eigenvalue weighted by molar-refractivity contribution is -0.119. The summed E-state index contributed by atoms with van der Waals surface area (Å²) in [6.45, 7) is 2.36. The number of piperidine rings is 1. The molecule has 0 aliphatic carbocycles. The molecule has 2 heterocycles. The van der Waals surface area contributed by atoms with E-state index in [0.717, 1.165) is 31.7 Å². The number of anilines is 1. The predicted octanol–water partition coefficient (Wildman–Crippen LogP) is 3.60. The highest BCUT2D eigenvalue weighted by molar-refractivity contribution is 7.89. The van der Waals surface area contributed by atoms with Crippen LogP contribution in [0.25, 0.3) is 0 Å². The maximum Gasteiger partial charge on any atom is 0.243 e. The minimum Gasteiger partial charge on any atom is -0.490 e. The lowest BCUT2D eigenvalue weighted by Gasteiger charge is -2.29. The van der Waals surface area contributed by atoms with Crippen molar-refractivity contribution in [1.29, 1.82) is 0 Å². The van der Waals surface area contributed by atoms with Crippen LogP contribution in [0, 0.1) is 0 Å². The highest BCUT2D eigenvalue weighted by Crippen LogP contribution is 2.28. The molecule has 0 spiro atoms. The topological polar surface area (TPSA) is 79.0 Å². The SMILES string of the molecule is CN1CCC(Oc2ccc(NC(=O)[C@@H]3CCCN3S(=O)(=O)c3ccc(Cl)cc3)cc2)CC1. The fourth-order valence-electron chi connectivity index (χ4n) is 4.17. The van der Waals surface area contributed by atoms with Crippen molar-refractivity contribution < 1.29 is 17.9 Å². The van der Waals surface area contributed by atoms with E-state index in [1.165, 1.54) is 28.6 Å². The molecular weight excluding hydrogens is 450 g/mol. The van der Waals surface area contributed by atoms with Crippen LogP contribution in [-0.2, 0) is 14.8 Å². The molecule has 2 saturated heterocycles. The molecule has 2 aromatic carbocycles. The summed E-state index contributed by atoms with van der Waals surface area (Å²) >= 11 is 5.88. The Hall–Kier alpha value is -2.13. The summed E-state index contributed by atoms with van der Waals surface area (Å²) in [6, 6.07) is 12.5. The predicted molar refractivity (Wildman–Crippen MR) is 125 cm³/mol. The fraction of sp³-hybridized carbons (Fsp3) is 0.435. The number of likely N-dealkylation sites (tertiary alicyclic amines) is 1. The lowest BCUT2D eigenvalue weighted by atomic mass is 10.1. The molecule has 2 aliphatic heterocycles. The van der Waals surface area contributed by atoms with Crippen molar-refractivity contribution in [3.63, 3.8) is 0 Å². The van der Waals surface area contributed by atoms with Crippen molar-refractivity contribution in [2.75, 3.05) is 32.0 Å². The van der Waals surface area contributed by atoms with E-state index in [1.54, 1.807) is 12.1 Å². The zero-order chi connectivity index (χ0) is 22.7. The van der Waals surface area contributed by atoms with Gasteiger partial charge in [0.2, 0.25) is 15.9 Å². The number of benzene rings is 2. The van der Waals surface area contributed by atoms with Crippen LogP contribution in [0.5, 0.6) is 5.75 Å². The van der Waals surface area contributed by atoms with E-state index in [2.05, 4.69) is 17.3 Å². The normalized spacial score (nSPS) is 20.9. The summed E-state index contributed by atoms with van der Waals surface area (Å²) in [5.74, 6) is 0.439. The quantitative estimate of drug-likeness (QED) is 0.687. The molecular formula is C23H28ClN3O4S. The van der Waals surface area contributed by atoms with Gasteiger partial charge in [-0.2, -0.15) is 4.31 Å². The molecule has 2 fully saturated rings. The molecule has 1 atom stereocenters. The van der Waals surface area contributed by atoms with E-state index < -0.39 is 16.1 Å². The van der Waals surface area contributed by atoms with E-state index in [-0.39, 0.29) is 16.9 Å². The molecule has 0 aromatic heterocycles. The molecule has 0 bridgehead atoms. The van der Waals surface area contributed by atoms with Crippen LogP contribution in [0.3, 0.4) is 0 Å². The van der Waals surface area contributed by atoms with E-state index >= 15 is 0 Å². The van der Waals surface area contributed by atoms with Crippen LogP contribution in [0.15, 0.2) is 53.4 Å². The van der Waals surface area contributed by atoms with Crippen LogP contribution >= 0.6 is 11.6 Å². The molecule has 9 heteroatoms. The molecule has 7 nitrogen and oxygen atoms in total. The molecule has 4 rings (SSSR count). The monoisotopic (exact) mass is 477 g/mol. The number of rotatable bonds is 6. The standard InChI is InChI=1S/C23H28ClN3O4S/c1-26-15-12-20(13-16-26)31-19-8-6-18(7-9-19)25-23(28)22-3-2-14-27(22)32(29,30)21-10-4-17(24)5-11-21/h4-11,20,22H,2-3,12-16H2,1H3,(H,25,28)/t22-/m0/s1. The Morgan fingerprint density at radius 1 is 1.00 bits per heavy atom. The first kappa shape index (κ1) is 23.0. The molecule has 1 amide bonds. The number of sulfonamides is 1. The first-order chi connectivity index (χ1) is 15.3. The van der Waals surface area contributed by atoms with E-state index in [0.29, 0.717) is 30.1 Å². The smallest absolute Gasteiger partial charge is 0.243 e. The zero-order valence-corrected chi connectivity index (χ0v) is 19.6. The number of ether oxygens (including phenoxy) is 1. The van der Waals surface area contributed by atoms with Crippen LogP contribution in [0.1, 0.15) is 25.7 Å². The summed E-state index contributed by atoms with van der Waals surface area (Å²) in [5, 5.41) is 3.32. The van der Waals surface area contributed by atoms with Crippen molar-refractivity contribution in [3.8, 4) is 5.75 Å². The maximum atomic E-state index is 13.1. The van der Waals surface area contributed by atoms with Gasteiger partial charge < -0.3 is 15.0 Å². The van der Waals surface area contributed by atoms with Crippen LogP contribution < -0.4 is 10.1 Å². The molecule has 0 radical (unpaired) electrons. The Bertz CT molecular complexity index is 1040. The van der Waals surface area contributed by atoms with Gasteiger partial charge in [-0.1, -0.05) is 11.6 Å². The number of nitrogens with one attached hydrogen (secondary N) is 1. The second kappa shape index (κ2) is 9.79. The number of nitrogens with zero attached hydrogens (tertiary/aromatic N) is 2. The minimum atomic E-state index is -3.78. The number of amides is 1. The van der Waals surface area contributed by atoms with Crippen molar-refractivity contribution in [2.45, 2.75) is 42.7 Å². The van der Waals surface area contributed by atoms with Gasteiger partial charge in [0.15, 0.2) is 0 Å². The van der Waals surface area contributed by atoms with Gasteiger partial charge in [-0.05, 0) is 81.3 Å². The van der Waals surface area contributed by atoms with E-state index in [9.17, 15) is 13.2 Å². The third-order valence-electron chi connectivity index (χ3n) is 6.02. The summed E-state index contributed by atoms with van der Waals surface area (Å²) in [4.78, 5) is 15.3. The van der Waals surface area contributed by atoms with Gasteiger partial charge in [0.05, 0.1) is 4.90 Å². The van der Waals surface area contributed by atoms with E-state index in [4.69, 9.17) is 16.3 Å². The zero-order valence-electron chi connectivity index (χ0n) is 18.0. The molecule has 2 aliphatic rings. The Labute approximate surface area is 194 Å². The van der Waals surface area contributed by atoms with Crippen LogP contribution in [0.2, 0.25) is 5.02 Å². The van der Waals surface area contributed by atoms with Crippen LogP contribution in [0.4, 0.5) is 5.69 Å². The molecule has 2 aromatic rings. The van der Waals surface area contributed by atoms with Gasteiger partial charge in [0, 0.05) is 30.3 Å². The van der Waals surface area contributed by atoms with Gasteiger partial charge in [-0.3, -0.25) is 4.79 Å². The van der Waals surface area contributed by atoms with Crippen molar-refractivity contribution >= 4 is 33.2 Å². The van der Waals surface area contributed by atoms with Gasteiger partial charge in [0.25, 0.3) is 0 Å². The number of hydrogen-bond acceptors (Lipinski definition) is 5. The Balaban J connectivity index is 1.39. The second-order valence-corrected chi connectivity index (χ2v) is 10.7. The lowest BCUT2D eigenvalue weighted by Crippen LogP contribution is -2.43. The van der Waals surface area contributed by atoms with E-state index in [1.807, 2.05) is 12.1 Å². The molecule has 0 saturated carbocycles. The van der Waals surface area contributed by atoms with Gasteiger partial charge in [0.1, 0.15) is 17.9 Å². The second-order valence-electron chi connectivity index (χ2n) is 8.36. The van der Waals surface area contributed by atoms with Crippen molar-refractivity contribution in [1.82, 2.24) is 9.21 Å². The highest BCUT2D eigenvalue weighted by atomic mass is 35.5. The number of hydrogen-bond donors (Lipinski definition) is 1. The van der Waals surface area contributed by atoms with Crippen LogP contribution in [-0.4, -0.2) is 62.4 Å².